The summed E-state index contributed by atoms with van der Waals surface area (Å²) in [5, 5.41) is 0. The first-order chi connectivity index (χ1) is 11.0. The Labute approximate surface area is 130 Å². The quantitative estimate of drug-likeness (QED) is 0.809. The molecular formula is C16H14F3NO3. The maximum atomic E-state index is 13.4. The molecule has 1 fully saturated rings. The lowest BCUT2D eigenvalue weighted by molar-refractivity contribution is -0.137. The highest BCUT2D eigenvalue weighted by Crippen LogP contribution is 2.39. The summed E-state index contributed by atoms with van der Waals surface area (Å²) >= 11 is 0. The van der Waals surface area contributed by atoms with Gasteiger partial charge in [0, 0.05) is 24.3 Å². The maximum Gasteiger partial charge on any atom is 0.417 e. The van der Waals surface area contributed by atoms with Crippen molar-refractivity contribution in [3.63, 3.8) is 0 Å². The Morgan fingerprint density at radius 2 is 1.83 bits per heavy atom. The molecule has 3 rings (SSSR count). The Hall–Kier alpha value is -2.28. The molecule has 1 aromatic carbocycles. The van der Waals surface area contributed by atoms with E-state index >= 15 is 0 Å². The van der Waals surface area contributed by atoms with E-state index in [2.05, 4.69) is 0 Å². The molecule has 0 N–H and O–H groups in total. The number of benzene rings is 1. The number of ether oxygens (including phenoxy) is 1. The van der Waals surface area contributed by atoms with Crippen LogP contribution in [0.15, 0.2) is 34.7 Å². The summed E-state index contributed by atoms with van der Waals surface area (Å²) < 4.78 is 50.6. The predicted octanol–water partition coefficient (Wildman–Crippen LogP) is 3.61. The van der Waals surface area contributed by atoms with Gasteiger partial charge in [0.05, 0.1) is 18.8 Å². The molecule has 0 amide bonds. The average Bonchev–Trinajstić information content (AvgIpc) is 3.03. The van der Waals surface area contributed by atoms with E-state index < -0.39 is 11.7 Å². The van der Waals surface area contributed by atoms with Crippen molar-refractivity contribution in [1.29, 1.82) is 0 Å². The van der Waals surface area contributed by atoms with Crippen molar-refractivity contribution in [3.8, 4) is 11.3 Å². The summed E-state index contributed by atoms with van der Waals surface area (Å²) in [6, 6.07) is 6.82. The monoisotopic (exact) mass is 325 g/mol. The van der Waals surface area contributed by atoms with Crippen LogP contribution in [0.2, 0.25) is 0 Å². The number of nitrogens with zero attached hydrogens (tertiary/aromatic N) is 1. The van der Waals surface area contributed by atoms with Gasteiger partial charge < -0.3 is 14.1 Å². The summed E-state index contributed by atoms with van der Waals surface area (Å²) in [5.41, 5.74) is -0.373. The van der Waals surface area contributed by atoms with Crippen molar-refractivity contribution in [3.05, 3.63) is 41.7 Å². The third-order valence-electron chi connectivity index (χ3n) is 3.69. The zero-order valence-electron chi connectivity index (χ0n) is 12.1. The molecule has 0 spiro atoms. The molecule has 0 saturated carbocycles. The van der Waals surface area contributed by atoms with Crippen molar-refractivity contribution in [2.75, 3.05) is 31.2 Å². The SMILES string of the molecule is O=Cc1ccc(-c2ccc(N3CCOCC3)cc2C(F)(F)F)o1. The fraction of sp³-hybridized carbons (Fsp3) is 0.312. The molecule has 2 aromatic rings. The van der Waals surface area contributed by atoms with E-state index in [-0.39, 0.29) is 17.1 Å². The van der Waals surface area contributed by atoms with Gasteiger partial charge in [0.15, 0.2) is 12.0 Å². The van der Waals surface area contributed by atoms with E-state index in [9.17, 15) is 18.0 Å². The topological polar surface area (TPSA) is 42.7 Å². The van der Waals surface area contributed by atoms with E-state index in [1.54, 1.807) is 6.07 Å². The normalized spacial score (nSPS) is 15.7. The van der Waals surface area contributed by atoms with E-state index in [4.69, 9.17) is 9.15 Å². The minimum atomic E-state index is -4.52. The first kappa shape index (κ1) is 15.6. The molecule has 1 aromatic heterocycles. The van der Waals surface area contributed by atoms with E-state index in [1.807, 2.05) is 4.90 Å². The van der Waals surface area contributed by atoms with Crippen LogP contribution in [0.1, 0.15) is 16.1 Å². The molecule has 122 valence electrons. The van der Waals surface area contributed by atoms with Gasteiger partial charge in [0.1, 0.15) is 5.76 Å². The van der Waals surface area contributed by atoms with Crippen LogP contribution in [0.3, 0.4) is 0 Å². The van der Waals surface area contributed by atoms with Crippen molar-refractivity contribution >= 4 is 12.0 Å². The third-order valence-corrected chi connectivity index (χ3v) is 3.69. The molecule has 0 atom stereocenters. The van der Waals surface area contributed by atoms with Crippen LogP contribution in [0.25, 0.3) is 11.3 Å². The number of morpholine rings is 1. The molecule has 1 saturated heterocycles. The van der Waals surface area contributed by atoms with Crippen LogP contribution in [-0.4, -0.2) is 32.6 Å². The van der Waals surface area contributed by atoms with Crippen LogP contribution in [-0.2, 0) is 10.9 Å². The number of alkyl halides is 3. The Balaban J connectivity index is 2.03. The van der Waals surface area contributed by atoms with Gasteiger partial charge in [0.25, 0.3) is 0 Å². The fourth-order valence-corrected chi connectivity index (χ4v) is 2.56. The summed E-state index contributed by atoms with van der Waals surface area (Å²) in [5.74, 6) is 0.0123. The summed E-state index contributed by atoms with van der Waals surface area (Å²) in [7, 11) is 0. The zero-order chi connectivity index (χ0) is 16.4. The highest BCUT2D eigenvalue weighted by Gasteiger charge is 2.35. The molecule has 4 nitrogen and oxygen atoms in total. The minimum Gasteiger partial charge on any atom is -0.453 e. The lowest BCUT2D eigenvalue weighted by atomic mass is 10.0. The lowest BCUT2D eigenvalue weighted by Crippen LogP contribution is -2.36. The highest BCUT2D eigenvalue weighted by molar-refractivity contribution is 5.74. The van der Waals surface area contributed by atoms with Gasteiger partial charge in [0.2, 0.25) is 0 Å². The van der Waals surface area contributed by atoms with Gasteiger partial charge in [-0.05, 0) is 30.3 Å². The number of furan rings is 1. The predicted molar refractivity (Wildman–Crippen MR) is 77.6 cm³/mol. The summed E-state index contributed by atoms with van der Waals surface area (Å²) in [4.78, 5) is 12.5. The molecule has 0 unspecified atom stereocenters. The van der Waals surface area contributed by atoms with Crippen molar-refractivity contribution in [2.24, 2.45) is 0 Å². The van der Waals surface area contributed by atoms with Gasteiger partial charge in [-0.1, -0.05) is 0 Å². The van der Waals surface area contributed by atoms with Crippen molar-refractivity contribution in [2.45, 2.75) is 6.18 Å². The number of rotatable bonds is 3. The van der Waals surface area contributed by atoms with E-state index in [1.165, 1.54) is 18.2 Å². The van der Waals surface area contributed by atoms with E-state index in [0.717, 1.165) is 6.07 Å². The highest BCUT2D eigenvalue weighted by atomic mass is 19.4. The molecule has 0 bridgehead atoms. The third kappa shape index (κ3) is 3.24. The number of hydrogen-bond donors (Lipinski definition) is 0. The second-order valence-corrected chi connectivity index (χ2v) is 5.15. The summed E-state index contributed by atoms with van der Waals surface area (Å²) in [6.07, 6.45) is -4.06. The number of halogens is 3. The number of carbonyl (C=O) groups excluding carboxylic acids is 1. The molecule has 7 heteroatoms. The number of aldehydes is 1. The minimum absolute atomic E-state index is 0.00891. The molecule has 23 heavy (non-hydrogen) atoms. The molecule has 2 heterocycles. The smallest absolute Gasteiger partial charge is 0.417 e. The van der Waals surface area contributed by atoms with Crippen LogP contribution in [0.5, 0.6) is 0 Å². The second-order valence-electron chi connectivity index (χ2n) is 5.15. The Bertz CT molecular complexity index is 703. The van der Waals surface area contributed by atoms with Gasteiger partial charge in [-0.15, -0.1) is 0 Å². The Morgan fingerprint density at radius 1 is 1.09 bits per heavy atom. The van der Waals surface area contributed by atoms with Crippen LogP contribution >= 0.6 is 0 Å². The number of carbonyl (C=O) groups is 1. The number of anilines is 1. The van der Waals surface area contributed by atoms with Crippen LogP contribution in [0.4, 0.5) is 18.9 Å². The van der Waals surface area contributed by atoms with Crippen molar-refractivity contribution in [1.82, 2.24) is 0 Å². The average molecular weight is 325 g/mol. The Morgan fingerprint density at radius 3 is 2.43 bits per heavy atom. The fourth-order valence-electron chi connectivity index (χ4n) is 2.56. The van der Waals surface area contributed by atoms with E-state index in [0.29, 0.717) is 38.3 Å². The second kappa shape index (κ2) is 6.08. The van der Waals surface area contributed by atoms with Gasteiger partial charge in [-0.2, -0.15) is 13.2 Å². The largest absolute Gasteiger partial charge is 0.453 e. The van der Waals surface area contributed by atoms with Gasteiger partial charge in [-0.3, -0.25) is 4.79 Å². The van der Waals surface area contributed by atoms with Crippen molar-refractivity contribution < 1.29 is 27.1 Å². The van der Waals surface area contributed by atoms with Gasteiger partial charge >= 0.3 is 6.18 Å². The summed E-state index contributed by atoms with van der Waals surface area (Å²) in [6.45, 7) is 2.08. The number of hydrogen-bond acceptors (Lipinski definition) is 4. The lowest BCUT2D eigenvalue weighted by Gasteiger charge is -2.29. The van der Waals surface area contributed by atoms with Crippen LogP contribution in [0, 0.1) is 0 Å². The van der Waals surface area contributed by atoms with Gasteiger partial charge in [-0.25, -0.2) is 0 Å². The molecule has 0 aliphatic carbocycles. The maximum absolute atomic E-state index is 13.4. The molecular weight excluding hydrogens is 311 g/mol. The first-order valence-corrected chi connectivity index (χ1v) is 7.08. The molecule has 1 aliphatic rings. The standard InChI is InChI=1S/C16H14F3NO3/c17-16(18,19)14-9-11(20-5-7-22-8-6-20)1-3-13(14)15-4-2-12(10-21)23-15/h1-4,9-10H,5-8H2. The first-order valence-electron chi connectivity index (χ1n) is 7.08. The Kier molecular flexibility index (Phi) is 4.12. The van der Waals surface area contributed by atoms with Crippen LogP contribution < -0.4 is 4.90 Å². The molecule has 0 radical (unpaired) electrons. The molecule has 1 aliphatic heterocycles. The zero-order valence-corrected chi connectivity index (χ0v) is 12.1.